The number of hydrogen-bond acceptors (Lipinski definition) is 3. The molecule has 0 aliphatic carbocycles. The van der Waals surface area contributed by atoms with Crippen molar-refractivity contribution < 1.29 is 4.39 Å². The van der Waals surface area contributed by atoms with E-state index in [1.165, 1.54) is 15.8 Å². The van der Waals surface area contributed by atoms with Gasteiger partial charge < -0.3 is 15.5 Å². The Kier molecular flexibility index (Phi) is 9.37. The van der Waals surface area contributed by atoms with Crippen LogP contribution < -0.4 is 10.6 Å². The first-order valence-electron chi connectivity index (χ1n) is 7.91. The maximum atomic E-state index is 13.5. The van der Waals surface area contributed by atoms with Crippen LogP contribution in [-0.2, 0) is 6.54 Å². The molecule has 1 aromatic heterocycles. The fraction of sp³-hybridized carbons (Fsp3) is 0.389. The number of benzene rings is 1. The van der Waals surface area contributed by atoms with Crippen molar-refractivity contribution in [3.63, 3.8) is 0 Å². The third-order valence-corrected chi connectivity index (χ3v) is 4.77. The average molecular weight is 476 g/mol. The first-order chi connectivity index (χ1) is 11.5. The summed E-state index contributed by atoms with van der Waals surface area (Å²) in [4.78, 5) is 8.89. The molecule has 0 saturated carbocycles. The first kappa shape index (κ1) is 21.9. The Morgan fingerprint density at radius 2 is 2.00 bits per heavy atom. The molecule has 7 heteroatoms. The summed E-state index contributed by atoms with van der Waals surface area (Å²) in [6, 6.07) is 11.0. The Morgan fingerprint density at radius 1 is 1.24 bits per heavy atom. The lowest BCUT2D eigenvalue weighted by Gasteiger charge is -2.26. The molecule has 0 amide bonds. The van der Waals surface area contributed by atoms with Crippen molar-refractivity contribution in [3.8, 4) is 0 Å². The van der Waals surface area contributed by atoms with Crippen LogP contribution in [-0.4, -0.2) is 38.5 Å². The molecule has 1 atom stereocenters. The van der Waals surface area contributed by atoms with E-state index in [4.69, 9.17) is 0 Å². The van der Waals surface area contributed by atoms with Gasteiger partial charge in [0.1, 0.15) is 5.82 Å². The van der Waals surface area contributed by atoms with Crippen LogP contribution in [0, 0.1) is 12.7 Å². The number of aryl methyl sites for hydroxylation is 1. The van der Waals surface area contributed by atoms with Crippen LogP contribution >= 0.6 is 35.3 Å². The molecule has 0 aliphatic rings. The predicted molar refractivity (Wildman–Crippen MR) is 116 cm³/mol. The molecule has 0 fully saturated rings. The van der Waals surface area contributed by atoms with Crippen LogP contribution in [0.1, 0.15) is 21.4 Å². The lowest BCUT2D eigenvalue weighted by molar-refractivity contribution is 0.297. The van der Waals surface area contributed by atoms with Gasteiger partial charge in [-0.2, -0.15) is 0 Å². The van der Waals surface area contributed by atoms with Gasteiger partial charge in [-0.1, -0.05) is 12.1 Å². The van der Waals surface area contributed by atoms with Crippen molar-refractivity contribution in [2.75, 3.05) is 27.7 Å². The number of nitrogens with zero attached hydrogens (tertiary/aromatic N) is 2. The van der Waals surface area contributed by atoms with E-state index in [0.717, 1.165) is 18.1 Å². The summed E-state index contributed by atoms with van der Waals surface area (Å²) in [7, 11) is 5.73. The molecule has 138 valence electrons. The van der Waals surface area contributed by atoms with Gasteiger partial charge in [0.2, 0.25) is 0 Å². The molecule has 0 bridgehead atoms. The highest BCUT2D eigenvalue weighted by molar-refractivity contribution is 14.0. The summed E-state index contributed by atoms with van der Waals surface area (Å²) in [6.45, 7) is 3.48. The minimum Gasteiger partial charge on any atom is -0.354 e. The van der Waals surface area contributed by atoms with Crippen LogP contribution in [0.4, 0.5) is 4.39 Å². The van der Waals surface area contributed by atoms with Crippen molar-refractivity contribution >= 4 is 41.3 Å². The number of aliphatic imine (C=N–C) groups is 1. The zero-order valence-electron chi connectivity index (χ0n) is 15.0. The van der Waals surface area contributed by atoms with E-state index < -0.39 is 0 Å². The van der Waals surface area contributed by atoms with Crippen molar-refractivity contribution in [3.05, 3.63) is 57.5 Å². The van der Waals surface area contributed by atoms with Gasteiger partial charge in [0.25, 0.3) is 0 Å². The first-order valence-corrected chi connectivity index (χ1v) is 8.73. The van der Waals surface area contributed by atoms with Gasteiger partial charge in [0.15, 0.2) is 5.96 Å². The Morgan fingerprint density at radius 3 is 2.56 bits per heavy atom. The highest BCUT2D eigenvalue weighted by Gasteiger charge is 2.15. The second-order valence-electron chi connectivity index (χ2n) is 5.85. The zero-order valence-corrected chi connectivity index (χ0v) is 18.2. The molecular weight excluding hydrogens is 450 g/mol. The van der Waals surface area contributed by atoms with E-state index >= 15 is 0 Å². The Hall–Kier alpha value is -1.19. The van der Waals surface area contributed by atoms with Crippen LogP contribution in [0.3, 0.4) is 0 Å². The lowest BCUT2D eigenvalue weighted by atomic mass is 10.1. The quantitative estimate of drug-likeness (QED) is 0.379. The molecular formula is C18H26FIN4S. The van der Waals surface area contributed by atoms with Gasteiger partial charge in [-0.05, 0) is 50.8 Å². The summed E-state index contributed by atoms with van der Waals surface area (Å²) in [5.41, 5.74) is 0.942. The van der Waals surface area contributed by atoms with Crippen LogP contribution in [0.2, 0.25) is 0 Å². The van der Waals surface area contributed by atoms with E-state index in [1.54, 1.807) is 30.5 Å². The van der Waals surface area contributed by atoms with Crippen LogP contribution in [0.5, 0.6) is 0 Å². The number of thiophene rings is 1. The molecule has 2 N–H and O–H groups in total. The van der Waals surface area contributed by atoms with E-state index in [2.05, 4.69) is 39.6 Å². The van der Waals surface area contributed by atoms with Crippen LogP contribution in [0.15, 0.2) is 41.4 Å². The highest BCUT2D eigenvalue weighted by atomic mass is 127. The highest BCUT2D eigenvalue weighted by Crippen LogP contribution is 2.18. The van der Waals surface area contributed by atoms with E-state index in [-0.39, 0.29) is 35.8 Å². The van der Waals surface area contributed by atoms with Gasteiger partial charge in [-0.25, -0.2) is 4.39 Å². The van der Waals surface area contributed by atoms with Gasteiger partial charge in [0, 0.05) is 23.3 Å². The fourth-order valence-electron chi connectivity index (χ4n) is 2.48. The Labute approximate surface area is 170 Å². The summed E-state index contributed by atoms with van der Waals surface area (Å²) >= 11 is 1.77. The SMILES string of the molecule is CN=C(NCc1ccc(C)s1)NCC(c1cccc(F)c1)N(C)C.I. The minimum absolute atomic E-state index is 0. The monoisotopic (exact) mass is 476 g/mol. The van der Waals surface area contributed by atoms with Gasteiger partial charge in [-0.3, -0.25) is 4.99 Å². The van der Waals surface area contributed by atoms with E-state index in [9.17, 15) is 4.39 Å². The van der Waals surface area contributed by atoms with Crippen molar-refractivity contribution in [2.24, 2.45) is 4.99 Å². The maximum absolute atomic E-state index is 13.5. The molecule has 1 unspecified atom stereocenters. The number of guanidine groups is 1. The normalized spacial score (nSPS) is 12.6. The Balaban J connectivity index is 0.00000312. The Bertz CT molecular complexity index is 687. The molecule has 0 saturated heterocycles. The molecule has 1 heterocycles. The molecule has 0 radical (unpaired) electrons. The number of likely N-dealkylation sites (N-methyl/N-ethyl adjacent to an activating group) is 1. The van der Waals surface area contributed by atoms with Crippen molar-refractivity contribution in [1.82, 2.24) is 15.5 Å². The van der Waals surface area contributed by atoms with Crippen LogP contribution in [0.25, 0.3) is 0 Å². The largest absolute Gasteiger partial charge is 0.354 e. The minimum atomic E-state index is -0.213. The molecule has 1 aromatic carbocycles. The molecule has 0 aliphatic heterocycles. The topological polar surface area (TPSA) is 39.7 Å². The van der Waals surface area contributed by atoms with Crippen molar-refractivity contribution in [1.29, 1.82) is 0 Å². The smallest absolute Gasteiger partial charge is 0.191 e. The number of rotatable bonds is 6. The third-order valence-electron chi connectivity index (χ3n) is 3.77. The summed E-state index contributed by atoms with van der Waals surface area (Å²) in [5.74, 6) is 0.527. The fourth-order valence-corrected chi connectivity index (χ4v) is 3.31. The molecule has 2 aromatic rings. The van der Waals surface area contributed by atoms with Gasteiger partial charge in [0.05, 0.1) is 12.6 Å². The summed E-state index contributed by atoms with van der Waals surface area (Å²) < 4.78 is 13.5. The number of halogens is 2. The zero-order chi connectivity index (χ0) is 17.5. The molecule has 25 heavy (non-hydrogen) atoms. The standard InChI is InChI=1S/C18H25FN4S.HI/c1-13-8-9-16(24-13)11-21-18(20-2)22-12-17(23(3)4)14-6-5-7-15(19)10-14;/h5-10,17H,11-12H2,1-4H3,(H2,20,21,22);1H. The lowest BCUT2D eigenvalue weighted by Crippen LogP contribution is -2.41. The van der Waals surface area contributed by atoms with E-state index in [1.807, 2.05) is 20.2 Å². The van der Waals surface area contributed by atoms with Gasteiger partial charge >= 0.3 is 0 Å². The molecule has 2 rings (SSSR count). The second-order valence-corrected chi connectivity index (χ2v) is 7.23. The average Bonchev–Trinajstić information content (AvgIpc) is 2.96. The number of hydrogen-bond donors (Lipinski definition) is 2. The summed E-state index contributed by atoms with van der Waals surface area (Å²) in [5, 5.41) is 6.64. The van der Waals surface area contributed by atoms with E-state index in [0.29, 0.717) is 6.54 Å². The second kappa shape index (κ2) is 10.7. The predicted octanol–water partition coefficient (Wildman–Crippen LogP) is 3.78. The maximum Gasteiger partial charge on any atom is 0.191 e. The number of nitrogens with one attached hydrogen (secondary N) is 2. The third kappa shape index (κ3) is 6.91. The summed E-state index contributed by atoms with van der Waals surface area (Å²) in [6.07, 6.45) is 0. The molecule has 4 nitrogen and oxygen atoms in total. The van der Waals surface area contributed by atoms with Crippen molar-refractivity contribution in [2.45, 2.75) is 19.5 Å². The van der Waals surface area contributed by atoms with Gasteiger partial charge in [-0.15, -0.1) is 35.3 Å². The molecule has 0 spiro atoms.